The molecule has 1 N–H and O–H groups in total. The predicted molar refractivity (Wildman–Crippen MR) is 51.5 cm³/mol. The molecule has 0 bridgehead atoms. The van der Waals surface area contributed by atoms with Gasteiger partial charge in [0.15, 0.2) is 5.83 Å². The molecule has 0 amide bonds. The van der Waals surface area contributed by atoms with Crippen LogP contribution in [0.1, 0.15) is 0 Å². The van der Waals surface area contributed by atoms with Gasteiger partial charge in [-0.1, -0.05) is 0 Å². The van der Waals surface area contributed by atoms with Gasteiger partial charge in [-0.15, -0.1) is 0 Å². The van der Waals surface area contributed by atoms with Crippen LogP contribution in [0.15, 0.2) is 11.0 Å². The lowest BCUT2D eigenvalue weighted by Crippen LogP contribution is -2.68. The van der Waals surface area contributed by atoms with E-state index < -0.39 is 57.1 Å². The highest BCUT2D eigenvalue weighted by Crippen LogP contribution is 2.58. The topological polar surface area (TPSA) is 54.4 Å². The third-order valence-electron chi connectivity index (χ3n) is 2.52. The van der Waals surface area contributed by atoms with E-state index in [0.29, 0.717) is 0 Å². The first-order chi connectivity index (χ1) is 11.0. The first-order valence-corrected chi connectivity index (χ1v) is 6.66. The van der Waals surface area contributed by atoms with Gasteiger partial charge in [0.1, 0.15) is 0 Å². The van der Waals surface area contributed by atoms with Gasteiger partial charge in [-0.05, 0) is 0 Å². The molecular weight excluding hydrogens is 442 g/mol. The fourth-order valence-electron chi connectivity index (χ4n) is 1.13. The zero-order valence-corrected chi connectivity index (χ0v) is 11.9. The Balaban J connectivity index is 6.44. The first-order valence-electron chi connectivity index (χ1n) is 5.22. The van der Waals surface area contributed by atoms with E-state index in [2.05, 4.69) is 0 Å². The van der Waals surface area contributed by atoms with Crippen molar-refractivity contribution >= 4 is 10.1 Å². The van der Waals surface area contributed by atoms with Crippen molar-refractivity contribution < 1.29 is 74.4 Å². The maximum atomic E-state index is 13.0. The van der Waals surface area contributed by atoms with Crippen LogP contribution in [0.25, 0.3) is 0 Å². The lowest BCUT2D eigenvalue weighted by molar-refractivity contribution is -0.425. The molecule has 0 saturated heterocycles. The van der Waals surface area contributed by atoms with Gasteiger partial charge in [-0.2, -0.15) is 61.1 Å². The van der Waals surface area contributed by atoms with Crippen LogP contribution in [0.3, 0.4) is 0 Å². The van der Waals surface area contributed by atoms with E-state index in [1.807, 2.05) is 0 Å². The van der Waals surface area contributed by atoms with Crippen molar-refractivity contribution in [2.24, 2.45) is 0 Å². The normalized spacial score (nSPS) is 17.8. The molecule has 0 aliphatic heterocycles. The van der Waals surface area contributed by atoms with Crippen molar-refractivity contribution in [2.75, 3.05) is 0 Å². The SMILES string of the molecule is O=S(=O)(O)/C(F)=C(\F)C(F)C(F)(F)C(F)(F)C(F)(F)C(F)(F)C(F)(F)F. The Labute approximate surface area is 133 Å². The monoisotopic (exact) mass is 444 g/mol. The average Bonchev–Trinajstić information content (AvgIpc) is 2.41. The summed E-state index contributed by atoms with van der Waals surface area (Å²) in [6.07, 6.45) is -13.4. The van der Waals surface area contributed by atoms with Crippen molar-refractivity contribution in [1.29, 1.82) is 0 Å². The van der Waals surface area contributed by atoms with Gasteiger partial charge in [0, 0.05) is 0 Å². The summed E-state index contributed by atoms with van der Waals surface area (Å²) in [6, 6.07) is 0. The molecule has 156 valence electrons. The van der Waals surface area contributed by atoms with Crippen molar-refractivity contribution in [1.82, 2.24) is 0 Å². The maximum absolute atomic E-state index is 13.0. The van der Waals surface area contributed by atoms with E-state index in [1.165, 1.54) is 0 Å². The van der Waals surface area contributed by atoms with Crippen molar-refractivity contribution in [3.8, 4) is 0 Å². The Morgan fingerprint density at radius 3 is 1.35 bits per heavy atom. The van der Waals surface area contributed by atoms with Gasteiger partial charge >= 0.3 is 40.0 Å². The minimum Gasteiger partial charge on any atom is -0.280 e. The summed E-state index contributed by atoms with van der Waals surface area (Å²) in [5.74, 6) is -35.8. The summed E-state index contributed by atoms with van der Waals surface area (Å²) in [6.45, 7) is 0. The Kier molecular flexibility index (Phi) is 6.05. The number of hydrogen-bond acceptors (Lipinski definition) is 2. The van der Waals surface area contributed by atoms with Gasteiger partial charge in [-0.25, -0.2) is 8.78 Å². The van der Waals surface area contributed by atoms with E-state index in [9.17, 15) is 69.9 Å². The molecule has 1 unspecified atom stereocenters. The molecule has 18 heteroatoms. The number of halogens is 14. The molecule has 0 aliphatic rings. The smallest absolute Gasteiger partial charge is 0.280 e. The molecule has 0 saturated carbocycles. The van der Waals surface area contributed by atoms with Gasteiger partial charge in [0.2, 0.25) is 6.17 Å². The lowest BCUT2D eigenvalue weighted by atomic mass is 9.95. The molecule has 1 atom stereocenters. The van der Waals surface area contributed by atoms with Crippen LogP contribution in [-0.4, -0.2) is 49.0 Å². The zero-order valence-electron chi connectivity index (χ0n) is 11.0. The molecule has 0 spiro atoms. The molecule has 0 aromatic carbocycles. The van der Waals surface area contributed by atoms with E-state index in [1.54, 1.807) is 0 Å². The van der Waals surface area contributed by atoms with E-state index in [-0.39, 0.29) is 0 Å². The third-order valence-corrected chi connectivity index (χ3v) is 3.17. The van der Waals surface area contributed by atoms with Crippen LogP contribution in [-0.2, 0) is 10.1 Å². The molecule has 0 rings (SSSR count). The summed E-state index contributed by atoms with van der Waals surface area (Å²) in [5, 5.41) is -3.94. The minimum absolute atomic E-state index is 3.94. The Hall–Kier alpha value is -1.33. The van der Waals surface area contributed by atoms with Gasteiger partial charge in [0.25, 0.3) is 5.16 Å². The van der Waals surface area contributed by atoms with Gasteiger partial charge in [-0.3, -0.25) is 4.55 Å². The highest BCUT2D eigenvalue weighted by Gasteiger charge is 2.88. The second-order valence-corrected chi connectivity index (χ2v) is 5.61. The third kappa shape index (κ3) is 3.56. The molecule has 0 heterocycles. The highest BCUT2D eigenvalue weighted by molar-refractivity contribution is 7.89. The summed E-state index contributed by atoms with van der Waals surface area (Å²) in [7, 11) is -6.54. The van der Waals surface area contributed by atoms with Crippen LogP contribution < -0.4 is 0 Å². The lowest BCUT2D eigenvalue weighted by Gasteiger charge is -2.37. The minimum atomic E-state index is -8.11. The van der Waals surface area contributed by atoms with Crippen LogP contribution in [0.2, 0.25) is 0 Å². The Morgan fingerprint density at radius 1 is 0.731 bits per heavy atom. The van der Waals surface area contributed by atoms with Gasteiger partial charge in [0.05, 0.1) is 0 Å². The Bertz CT molecular complexity index is 675. The number of rotatable bonds is 6. The van der Waals surface area contributed by atoms with Gasteiger partial charge < -0.3 is 0 Å². The molecule has 0 aliphatic carbocycles. The van der Waals surface area contributed by atoms with Crippen molar-refractivity contribution in [3.05, 3.63) is 11.0 Å². The summed E-state index contributed by atoms with van der Waals surface area (Å²) < 4.78 is 203. The van der Waals surface area contributed by atoms with Crippen LogP contribution >= 0.6 is 0 Å². The fourth-order valence-corrected chi connectivity index (χ4v) is 1.48. The van der Waals surface area contributed by atoms with Crippen molar-refractivity contribution in [3.63, 3.8) is 0 Å². The second-order valence-electron chi connectivity index (χ2n) is 4.30. The van der Waals surface area contributed by atoms with Crippen LogP contribution in [0.5, 0.6) is 0 Å². The standard InChI is InChI=1S/C8H2F14O3S/c9-1(3(11)26(23,24)25)2(10)4(12,13)5(14,15)6(16,17)7(18,19)8(20,21)22/h2H,(H,23,24,25)/b3-1-. The maximum Gasteiger partial charge on any atom is 0.460 e. The number of hydrogen-bond donors (Lipinski definition) is 1. The predicted octanol–water partition coefficient (Wildman–Crippen LogP) is 4.42. The van der Waals surface area contributed by atoms with E-state index in [4.69, 9.17) is 4.55 Å². The number of allylic oxidation sites excluding steroid dienone is 1. The van der Waals surface area contributed by atoms with Crippen LogP contribution in [0.4, 0.5) is 61.5 Å². The molecular formula is C8H2F14O3S. The summed E-state index contributed by atoms with van der Waals surface area (Å²) in [4.78, 5) is 0. The average molecular weight is 444 g/mol. The summed E-state index contributed by atoms with van der Waals surface area (Å²) in [5.41, 5.74) is 0. The number of alkyl halides is 12. The quantitative estimate of drug-likeness (QED) is 0.488. The first kappa shape index (κ1) is 24.7. The Morgan fingerprint density at radius 2 is 1.08 bits per heavy atom. The zero-order chi connectivity index (χ0) is 21.7. The molecule has 0 aromatic rings. The van der Waals surface area contributed by atoms with E-state index >= 15 is 0 Å². The molecule has 0 aromatic heterocycles. The second kappa shape index (κ2) is 6.38. The van der Waals surface area contributed by atoms with E-state index in [0.717, 1.165) is 0 Å². The van der Waals surface area contributed by atoms with Crippen molar-refractivity contribution in [2.45, 2.75) is 36.0 Å². The molecule has 0 fully saturated rings. The summed E-state index contributed by atoms with van der Waals surface area (Å²) >= 11 is 0. The van der Waals surface area contributed by atoms with Crippen LogP contribution in [0, 0.1) is 0 Å². The highest BCUT2D eigenvalue weighted by atomic mass is 32.2. The molecule has 3 nitrogen and oxygen atoms in total. The molecule has 26 heavy (non-hydrogen) atoms. The fraction of sp³-hybridized carbons (Fsp3) is 0.750. The molecule has 0 radical (unpaired) electrons. The largest absolute Gasteiger partial charge is 0.460 e.